The van der Waals surface area contributed by atoms with Crippen LogP contribution < -0.4 is 10.1 Å². The van der Waals surface area contributed by atoms with Crippen LogP contribution in [-0.4, -0.2) is 41.2 Å². The quantitative estimate of drug-likeness (QED) is 0.556. The molecule has 0 radical (unpaired) electrons. The first kappa shape index (κ1) is 20.8. The highest BCUT2D eigenvalue weighted by Gasteiger charge is 2.24. The largest absolute Gasteiger partial charge is 0.490 e. The van der Waals surface area contributed by atoms with Gasteiger partial charge in [0.25, 0.3) is 5.91 Å². The van der Waals surface area contributed by atoms with Crippen LogP contribution in [-0.2, 0) is 0 Å². The first-order valence-corrected chi connectivity index (χ1v) is 10.3. The number of hydrogen-bond donors (Lipinski definition) is 2. The molecule has 0 unspecified atom stereocenters. The van der Waals surface area contributed by atoms with E-state index in [0.717, 1.165) is 5.56 Å². The summed E-state index contributed by atoms with van der Waals surface area (Å²) in [6.45, 7) is 0.885. The van der Waals surface area contributed by atoms with Gasteiger partial charge in [0.1, 0.15) is 17.6 Å². The predicted molar refractivity (Wildman–Crippen MR) is 117 cm³/mol. The second-order valence-corrected chi connectivity index (χ2v) is 7.64. The molecule has 2 aromatic carbocycles. The van der Waals surface area contributed by atoms with Crippen molar-refractivity contribution in [1.82, 2.24) is 4.90 Å². The molecular weight excluding hydrogens is 420 g/mol. The molecule has 3 aromatic rings. The van der Waals surface area contributed by atoms with Gasteiger partial charge in [0.2, 0.25) is 0 Å². The molecule has 1 aliphatic rings. The number of rotatable bonds is 5. The lowest BCUT2D eigenvalue weighted by atomic mass is 10.1. The van der Waals surface area contributed by atoms with E-state index in [1.54, 1.807) is 36.4 Å². The minimum absolute atomic E-state index is 0.0839. The number of nitrogens with one attached hydrogen (secondary N) is 1. The Morgan fingerprint density at radius 3 is 2.45 bits per heavy atom. The molecule has 7 nitrogen and oxygen atoms in total. The fraction of sp³-hybridized carbons (Fsp3) is 0.217. The molecular formula is C23H21ClN2O5. The molecule has 2 N–H and O–H groups in total. The Morgan fingerprint density at radius 1 is 1.03 bits per heavy atom. The van der Waals surface area contributed by atoms with E-state index in [9.17, 15) is 9.59 Å². The van der Waals surface area contributed by atoms with Crippen molar-refractivity contribution in [2.75, 3.05) is 18.4 Å². The Kier molecular flexibility index (Phi) is 6.13. The van der Waals surface area contributed by atoms with E-state index >= 15 is 0 Å². The molecule has 0 bridgehead atoms. The maximum Gasteiger partial charge on any atom is 0.407 e. The fourth-order valence-electron chi connectivity index (χ4n) is 3.45. The zero-order chi connectivity index (χ0) is 21.8. The normalized spacial score (nSPS) is 14.3. The summed E-state index contributed by atoms with van der Waals surface area (Å²) in [7, 11) is 0. The number of furan rings is 1. The monoisotopic (exact) mass is 440 g/mol. The van der Waals surface area contributed by atoms with Crippen LogP contribution in [0.15, 0.2) is 65.1 Å². The lowest BCUT2D eigenvalue weighted by Crippen LogP contribution is -2.41. The predicted octanol–water partition coefficient (Wildman–Crippen LogP) is 5.37. The number of ether oxygens (including phenoxy) is 1. The second kappa shape index (κ2) is 9.14. The molecule has 1 saturated heterocycles. The number of amides is 2. The number of carboxylic acid groups (broad SMARTS) is 1. The fourth-order valence-corrected chi connectivity index (χ4v) is 3.57. The summed E-state index contributed by atoms with van der Waals surface area (Å²) in [4.78, 5) is 25.0. The maximum atomic E-state index is 12.5. The molecule has 1 fully saturated rings. The Morgan fingerprint density at radius 2 is 1.74 bits per heavy atom. The van der Waals surface area contributed by atoms with Crippen LogP contribution in [0.25, 0.3) is 11.3 Å². The number of anilines is 1. The number of likely N-dealkylation sites (tertiary alicyclic amines) is 1. The molecule has 0 atom stereocenters. The third-order valence-electron chi connectivity index (χ3n) is 5.09. The van der Waals surface area contributed by atoms with Gasteiger partial charge < -0.3 is 24.5 Å². The first-order valence-electron chi connectivity index (χ1n) is 9.90. The summed E-state index contributed by atoms with van der Waals surface area (Å²) >= 11 is 5.87. The average Bonchev–Trinajstić information content (AvgIpc) is 3.26. The molecule has 4 rings (SSSR count). The van der Waals surface area contributed by atoms with Gasteiger partial charge in [-0.25, -0.2) is 4.79 Å². The standard InChI is InChI=1S/C23H21ClN2O5/c24-15-5-7-16(8-6-15)25-22(27)21-10-9-20(31-21)18-3-1-2-4-19(18)30-17-11-13-26(14-12-17)23(28)29/h1-10,17H,11-14H2,(H,25,27)(H,28,29). The van der Waals surface area contributed by atoms with Gasteiger partial charge in [-0.15, -0.1) is 0 Å². The van der Waals surface area contributed by atoms with Crippen molar-refractivity contribution < 1.29 is 23.8 Å². The summed E-state index contributed by atoms with van der Waals surface area (Å²) in [6, 6.07) is 17.6. The molecule has 1 aromatic heterocycles. The lowest BCUT2D eigenvalue weighted by molar-refractivity contribution is 0.0895. The van der Waals surface area contributed by atoms with E-state index in [1.165, 1.54) is 4.90 Å². The van der Waals surface area contributed by atoms with Gasteiger partial charge >= 0.3 is 6.09 Å². The van der Waals surface area contributed by atoms with Crippen molar-refractivity contribution in [1.29, 1.82) is 0 Å². The van der Waals surface area contributed by atoms with Crippen molar-refractivity contribution in [3.63, 3.8) is 0 Å². The van der Waals surface area contributed by atoms with E-state index < -0.39 is 6.09 Å². The Bertz CT molecular complexity index is 1070. The summed E-state index contributed by atoms with van der Waals surface area (Å²) in [6.07, 6.45) is 0.249. The number of para-hydroxylation sites is 1. The van der Waals surface area contributed by atoms with Crippen molar-refractivity contribution in [2.45, 2.75) is 18.9 Å². The van der Waals surface area contributed by atoms with Crippen molar-refractivity contribution >= 4 is 29.3 Å². The van der Waals surface area contributed by atoms with E-state index in [0.29, 0.717) is 48.2 Å². The molecule has 0 spiro atoms. The van der Waals surface area contributed by atoms with Crippen LogP contribution in [0.3, 0.4) is 0 Å². The summed E-state index contributed by atoms with van der Waals surface area (Å²) in [5.74, 6) is 0.956. The van der Waals surface area contributed by atoms with E-state index in [4.69, 9.17) is 25.9 Å². The van der Waals surface area contributed by atoms with Crippen LogP contribution >= 0.6 is 11.6 Å². The number of nitrogens with zero attached hydrogens (tertiary/aromatic N) is 1. The van der Waals surface area contributed by atoms with Gasteiger partial charge in [0.05, 0.1) is 5.56 Å². The molecule has 0 aliphatic carbocycles. The number of carbonyl (C=O) groups is 2. The van der Waals surface area contributed by atoms with E-state index in [1.807, 2.05) is 24.3 Å². The topological polar surface area (TPSA) is 92.0 Å². The molecule has 8 heteroatoms. The zero-order valence-corrected chi connectivity index (χ0v) is 17.3. The highest BCUT2D eigenvalue weighted by atomic mass is 35.5. The van der Waals surface area contributed by atoms with Crippen LogP contribution in [0.1, 0.15) is 23.4 Å². The third-order valence-corrected chi connectivity index (χ3v) is 5.34. The van der Waals surface area contributed by atoms with Crippen molar-refractivity contribution in [3.05, 3.63) is 71.4 Å². The Balaban J connectivity index is 1.46. The van der Waals surface area contributed by atoms with Gasteiger partial charge in [0.15, 0.2) is 5.76 Å². The summed E-state index contributed by atoms with van der Waals surface area (Å²) in [5, 5.41) is 12.4. The van der Waals surface area contributed by atoms with Crippen LogP contribution in [0.2, 0.25) is 5.02 Å². The molecule has 160 valence electrons. The molecule has 0 saturated carbocycles. The van der Waals surface area contributed by atoms with Crippen LogP contribution in [0.4, 0.5) is 10.5 Å². The molecule has 31 heavy (non-hydrogen) atoms. The minimum atomic E-state index is -0.904. The Labute approximate surface area is 184 Å². The number of halogens is 1. The van der Waals surface area contributed by atoms with Gasteiger partial charge in [-0.2, -0.15) is 0 Å². The highest BCUT2D eigenvalue weighted by molar-refractivity contribution is 6.30. The second-order valence-electron chi connectivity index (χ2n) is 7.21. The average molecular weight is 441 g/mol. The lowest BCUT2D eigenvalue weighted by Gasteiger charge is -2.30. The smallest absolute Gasteiger partial charge is 0.407 e. The summed E-state index contributed by atoms with van der Waals surface area (Å²) < 4.78 is 12.0. The van der Waals surface area contributed by atoms with E-state index in [2.05, 4.69) is 5.32 Å². The van der Waals surface area contributed by atoms with Crippen LogP contribution in [0, 0.1) is 0 Å². The number of carbonyl (C=O) groups excluding carboxylic acids is 1. The molecule has 2 amide bonds. The van der Waals surface area contributed by atoms with Gasteiger partial charge in [-0.05, 0) is 48.5 Å². The Hall–Kier alpha value is -3.45. The molecule has 1 aliphatic heterocycles. The van der Waals surface area contributed by atoms with Gasteiger partial charge in [-0.3, -0.25) is 4.79 Å². The number of piperidine rings is 1. The van der Waals surface area contributed by atoms with Gasteiger partial charge in [0, 0.05) is 36.6 Å². The maximum absolute atomic E-state index is 12.5. The highest BCUT2D eigenvalue weighted by Crippen LogP contribution is 2.33. The molecule has 2 heterocycles. The number of benzene rings is 2. The van der Waals surface area contributed by atoms with Crippen molar-refractivity contribution in [2.24, 2.45) is 0 Å². The van der Waals surface area contributed by atoms with E-state index in [-0.39, 0.29) is 17.8 Å². The number of hydrogen-bond acceptors (Lipinski definition) is 4. The third kappa shape index (κ3) is 5.00. The summed E-state index contributed by atoms with van der Waals surface area (Å²) in [5.41, 5.74) is 1.34. The minimum Gasteiger partial charge on any atom is -0.490 e. The van der Waals surface area contributed by atoms with Gasteiger partial charge in [-0.1, -0.05) is 23.7 Å². The van der Waals surface area contributed by atoms with Crippen molar-refractivity contribution in [3.8, 4) is 17.1 Å². The zero-order valence-electron chi connectivity index (χ0n) is 16.6. The SMILES string of the molecule is O=C(Nc1ccc(Cl)cc1)c1ccc(-c2ccccc2OC2CCN(C(=O)O)CC2)o1. The first-order chi connectivity index (χ1) is 15.0. The van der Waals surface area contributed by atoms with Crippen LogP contribution in [0.5, 0.6) is 5.75 Å².